The lowest BCUT2D eigenvalue weighted by Gasteiger charge is -2.28. The van der Waals surface area contributed by atoms with Gasteiger partial charge in [-0.2, -0.15) is 0 Å². The molecule has 0 bridgehead atoms. The van der Waals surface area contributed by atoms with Crippen molar-refractivity contribution >= 4 is 23.2 Å². The molecule has 4 rings (SSSR count). The Labute approximate surface area is 167 Å². The number of hydrogen-bond acceptors (Lipinski definition) is 3. The summed E-state index contributed by atoms with van der Waals surface area (Å²) in [5, 5.41) is 5.69. The van der Waals surface area contributed by atoms with Crippen LogP contribution in [0.5, 0.6) is 0 Å². The summed E-state index contributed by atoms with van der Waals surface area (Å²) in [4.78, 5) is 25.2. The highest BCUT2D eigenvalue weighted by Gasteiger charge is 2.42. The summed E-state index contributed by atoms with van der Waals surface area (Å²) in [5.74, 6) is -0.588. The summed E-state index contributed by atoms with van der Waals surface area (Å²) in [6, 6.07) is 16.4. The third-order valence-electron chi connectivity index (χ3n) is 5.41. The van der Waals surface area contributed by atoms with Crippen molar-refractivity contribution in [3.8, 4) is 0 Å². The third kappa shape index (κ3) is 3.92. The summed E-state index contributed by atoms with van der Waals surface area (Å²) >= 11 is 0. The van der Waals surface area contributed by atoms with Gasteiger partial charge in [0, 0.05) is 11.4 Å². The molecule has 1 aliphatic rings. The van der Waals surface area contributed by atoms with Crippen LogP contribution in [0.4, 0.5) is 15.8 Å². The maximum atomic E-state index is 13.8. The third-order valence-corrected chi connectivity index (χ3v) is 5.41. The lowest BCUT2D eigenvalue weighted by Crippen LogP contribution is -2.38. The van der Waals surface area contributed by atoms with E-state index in [1.165, 1.54) is 18.4 Å². The first kappa shape index (κ1) is 18.9. The number of halogens is 1. The van der Waals surface area contributed by atoms with Crippen molar-refractivity contribution in [2.75, 3.05) is 10.6 Å². The van der Waals surface area contributed by atoms with Crippen LogP contribution >= 0.6 is 0 Å². The van der Waals surface area contributed by atoms with E-state index < -0.39 is 5.41 Å². The molecule has 1 fully saturated rings. The fourth-order valence-electron chi connectivity index (χ4n) is 3.90. The number of anilines is 2. The molecule has 29 heavy (non-hydrogen) atoms. The molecule has 2 N–H and O–H groups in total. The number of amides is 2. The molecule has 0 radical (unpaired) electrons. The highest BCUT2D eigenvalue weighted by Crippen LogP contribution is 2.42. The van der Waals surface area contributed by atoms with Crippen molar-refractivity contribution in [2.24, 2.45) is 0 Å². The molecule has 1 aliphatic carbocycles. The summed E-state index contributed by atoms with van der Waals surface area (Å²) in [5.41, 5.74) is 1.21. The van der Waals surface area contributed by atoms with E-state index in [9.17, 15) is 14.0 Å². The zero-order valence-corrected chi connectivity index (χ0v) is 15.8. The molecule has 2 aromatic carbocycles. The first-order valence-corrected chi connectivity index (χ1v) is 9.59. The highest BCUT2D eigenvalue weighted by atomic mass is 19.1. The van der Waals surface area contributed by atoms with Gasteiger partial charge in [-0.05, 0) is 66.9 Å². The van der Waals surface area contributed by atoms with Gasteiger partial charge in [0.1, 0.15) is 5.82 Å². The van der Waals surface area contributed by atoms with Crippen molar-refractivity contribution < 1.29 is 18.4 Å². The molecule has 1 saturated carbocycles. The van der Waals surface area contributed by atoms with Gasteiger partial charge in [-0.1, -0.05) is 25.0 Å². The summed E-state index contributed by atoms with van der Waals surface area (Å²) in [7, 11) is 0. The van der Waals surface area contributed by atoms with E-state index in [0.717, 1.165) is 18.4 Å². The van der Waals surface area contributed by atoms with Gasteiger partial charge in [-0.15, -0.1) is 0 Å². The maximum Gasteiger partial charge on any atom is 0.291 e. The Morgan fingerprint density at radius 1 is 0.897 bits per heavy atom. The van der Waals surface area contributed by atoms with Crippen LogP contribution < -0.4 is 10.6 Å². The number of hydrogen-bond donors (Lipinski definition) is 2. The van der Waals surface area contributed by atoms with Gasteiger partial charge in [-0.3, -0.25) is 9.59 Å². The molecule has 1 aromatic heterocycles. The van der Waals surface area contributed by atoms with Crippen LogP contribution in [0.1, 0.15) is 41.8 Å². The van der Waals surface area contributed by atoms with E-state index in [1.807, 2.05) is 6.07 Å². The van der Waals surface area contributed by atoms with E-state index in [4.69, 9.17) is 4.42 Å². The van der Waals surface area contributed by atoms with Gasteiger partial charge in [0.2, 0.25) is 5.91 Å². The van der Waals surface area contributed by atoms with Gasteiger partial charge >= 0.3 is 0 Å². The predicted molar refractivity (Wildman–Crippen MR) is 108 cm³/mol. The number of carbonyl (C=O) groups is 2. The van der Waals surface area contributed by atoms with E-state index in [2.05, 4.69) is 10.6 Å². The molecule has 148 valence electrons. The quantitative estimate of drug-likeness (QED) is 0.633. The fourth-order valence-corrected chi connectivity index (χ4v) is 3.90. The summed E-state index contributed by atoms with van der Waals surface area (Å²) in [6.07, 6.45) is 4.69. The van der Waals surface area contributed by atoms with Crippen molar-refractivity contribution in [2.45, 2.75) is 31.1 Å². The van der Waals surface area contributed by atoms with Crippen molar-refractivity contribution in [3.63, 3.8) is 0 Å². The summed E-state index contributed by atoms with van der Waals surface area (Å²) in [6.45, 7) is 0. The molecule has 0 aliphatic heterocycles. The Morgan fingerprint density at radius 3 is 2.21 bits per heavy atom. The zero-order valence-electron chi connectivity index (χ0n) is 15.8. The topological polar surface area (TPSA) is 71.3 Å². The average molecular weight is 392 g/mol. The van der Waals surface area contributed by atoms with E-state index in [0.29, 0.717) is 24.2 Å². The normalized spacial score (nSPS) is 15.1. The minimum absolute atomic E-state index is 0.132. The van der Waals surface area contributed by atoms with Crippen LogP contribution in [0.2, 0.25) is 0 Å². The van der Waals surface area contributed by atoms with Gasteiger partial charge in [-0.25, -0.2) is 4.39 Å². The molecule has 1 heterocycles. The minimum Gasteiger partial charge on any atom is -0.459 e. The summed E-state index contributed by atoms with van der Waals surface area (Å²) < 4.78 is 18.8. The molecule has 0 saturated heterocycles. The smallest absolute Gasteiger partial charge is 0.291 e. The Hall–Kier alpha value is -3.41. The van der Waals surface area contributed by atoms with Crippen LogP contribution in [-0.4, -0.2) is 11.8 Å². The van der Waals surface area contributed by atoms with Gasteiger partial charge in [0.25, 0.3) is 5.91 Å². The molecule has 0 spiro atoms. The SMILES string of the molecule is O=C(Nc1ccc(NC(=O)C2(c3cccc(F)c3)CCCC2)cc1)c1ccco1. The average Bonchev–Trinajstić information content (AvgIpc) is 3.42. The van der Waals surface area contributed by atoms with Crippen molar-refractivity contribution in [3.05, 3.63) is 84.1 Å². The zero-order chi connectivity index (χ0) is 20.3. The Kier molecular flexibility index (Phi) is 5.16. The highest BCUT2D eigenvalue weighted by molar-refractivity contribution is 6.03. The Balaban J connectivity index is 1.48. The first-order valence-electron chi connectivity index (χ1n) is 9.59. The second-order valence-electron chi connectivity index (χ2n) is 7.26. The Morgan fingerprint density at radius 2 is 1.59 bits per heavy atom. The van der Waals surface area contributed by atoms with Crippen LogP contribution in [-0.2, 0) is 10.2 Å². The lowest BCUT2D eigenvalue weighted by atomic mass is 9.78. The molecule has 6 heteroatoms. The number of nitrogens with one attached hydrogen (secondary N) is 2. The number of benzene rings is 2. The molecule has 5 nitrogen and oxygen atoms in total. The number of rotatable bonds is 5. The van der Waals surface area contributed by atoms with E-state index in [1.54, 1.807) is 42.5 Å². The van der Waals surface area contributed by atoms with Crippen molar-refractivity contribution in [1.82, 2.24) is 0 Å². The number of furan rings is 1. The monoisotopic (exact) mass is 392 g/mol. The minimum atomic E-state index is -0.714. The molecule has 2 amide bonds. The van der Waals surface area contributed by atoms with Gasteiger partial charge in [0.05, 0.1) is 11.7 Å². The lowest BCUT2D eigenvalue weighted by molar-refractivity contribution is -0.121. The van der Waals surface area contributed by atoms with Gasteiger partial charge < -0.3 is 15.1 Å². The second kappa shape index (κ2) is 7.91. The van der Waals surface area contributed by atoms with Gasteiger partial charge in [0.15, 0.2) is 5.76 Å². The van der Waals surface area contributed by atoms with Crippen LogP contribution in [0.15, 0.2) is 71.3 Å². The molecular weight excluding hydrogens is 371 g/mol. The van der Waals surface area contributed by atoms with Crippen LogP contribution in [0, 0.1) is 5.82 Å². The molecule has 3 aromatic rings. The molecule has 0 unspecified atom stereocenters. The van der Waals surface area contributed by atoms with Crippen LogP contribution in [0.25, 0.3) is 0 Å². The first-order chi connectivity index (χ1) is 14.1. The molecular formula is C23H21FN2O3. The second-order valence-corrected chi connectivity index (χ2v) is 7.26. The van der Waals surface area contributed by atoms with Crippen LogP contribution in [0.3, 0.4) is 0 Å². The fraction of sp³-hybridized carbons (Fsp3) is 0.217. The Bertz CT molecular complexity index is 1010. The maximum absolute atomic E-state index is 13.8. The predicted octanol–water partition coefficient (Wildman–Crippen LogP) is 5.12. The largest absolute Gasteiger partial charge is 0.459 e. The molecule has 0 atom stereocenters. The van der Waals surface area contributed by atoms with E-state index >= 15 is 0 Å². The van der Waals surface area contributed by atoms with Crippen molar-refractivity contribution in [1.29, 1.82) is 0 Å². The van der Waals surface area contributed by atoms with E-state index in [-0.39, 0.29) is 23.4 Å². The standard InChI is InChI=1S/C23H21FN2O3/c24-17-6-3-5-16(15-17)23(12-1-2-13-23)22(28)26-19-10-8-18(9-11-19)25-21(27)20-7-4-14-29-20/h3-11,14-15H,1-2,12-13H2,(H,25,27)(H,26,28). The number of carbonyl (C=O) groups excluding carboxylic acids is 2.